The van der Waals surface area contributed by atoms with E-state index in [9.17, 15) is 9.59 Å². The fourth-order valence-corrected chi connectivity index (χ4v) is 4.83. The first kappa shape index (κ1) is 22.1. The molecule has 4 heteroatoms. The predicted molar refractivity (Wildman–Crippen MR) is 121 cm³/mol. The van der Waals surface area contributed by atoms with Gasteiger partial charge in [-0.25, -0.2) is 0 Å². The second-order valence-electron chi connectivity index (χ2n) is 8.36. The zero-order chi connectivity index (χ0) is 21.5. The van der Waals surface area contributed by atoms with E-state index in [1.54, 1.807) is 0 Å². The van der Waals surface area contributed by atoms with Gasteiger partial charge in [0.25, 0.3) is 0 Å². The van der Waals surface area contributed by atoms with E-state index in [0.29, 0.717) is 0 Å². The van der Waals surface area contributed by atoms with Crippen LogP contribution in [0.4, 0.5) is 0 Å². The Morgan fingerprint density at radius 1 is 0.767 bits per heavy atom. The van der Waals surface area contributed by atoms with Gasteiger partial charge in [-0.2, -0.15) is 0 Å². The molecular weight excluding hydrogens is 372 g/mol. The summed E-state index contributed by atoms with van der Waals surface area (Å²) in [6.45, 7) is 5.76. The first-order valence-corrected chi connectivity index (χ1v) is 11.3. The molecule has 0 bridgehead atoms. The van der Waals surface area contributed by atoms with Gasteiger partial charge in [0.05, 0.1) is 11.8 Å². The van der Waals surface area contributed by atoms with Crippen LogP contribution in [0.1, 0.15) is 62.5 Å². The molecule has 0 aliphatic heterocycles. The number of rotatable bonds is 10. The van der Waals surface area contributed by atoms with Gasteiger partial charge in [-0.05, 0) is 24.0 Å². The lowest BCUT2D eigenvalue weighted by atomic mass is 9.52. The highest BCUT2D eigenvalue weighted by Crippen LogP contribution is 2.58. The molecule has 2 N–H and O–H groups in total. The van der Waals surface area contributed by atoms with Gasteiger partial charge in [-0.1, -0.05) is 87.4 Å². The van der Waals surface area contributed by atoms with E-state index >= 15 is 0 Å². The monoisotopic (exact) mass is 406 g/mol. The van der Waals surface area contributed by atoms with E-state index in [1.165, 1.54) is 0 Å². The maximum atomic E-state index is 13.7. The van der Waals surface area contributed by atoms with Crippen molar-refractivity contribution in [2.45, 2.75) is 51.4 Å². The number of amides is 2. The van der Waals surface area contributed by atoms with Gasteiger partial charge in [-0.15, -0.1) is 0 Å². The molecule has 2 aromatic carbocycles. The number of unbranched alkanes of at least 4 members (excludes halogenated alkanes) is 2. The van der Waals surface area contributed by atoms with Gasteiger partial charge in [0.1, 0.15) is 0 Å². The van der Waals surface area contributed by atoms with Crippen LogP contribution in [0.15, 0.2) is 60.7 Å². The largest absolute Gasteiger partial charge is 0.369 e. The molecule has 3 rings (SSSR count). The summed E-state index contributed by atoms with van der Waals surface area (Å²) in [6.07, 6.45) is 4.02. The zero-order valence-corrected chi connectivity index (χ0v) is 18.2. The molecule has 1 saturated carbocycles. The third-order valence-corrected chi connectivity index (χ3v) is 6.41. The van der Waals surface area contributed by atoms with Crippen molar-refractivity contribution in [2.75, 3.05) is 13.1 Å². The van der Waals surface area contributed by atoms with Crippen LogP contribution in [-0.2, 0) is 9.59 Å². The molecule has 30 heavy (non-hydrogen) atoms. The van der Waals surface area contributed by atoms with Crippen LogP contribution >= 0.6 is 0 Å². The summed E-state index contributed by atoms with van der Waals surface area (Å²) in [5, 5.41) is 0. The second-order valence-corrected chi connectivity index (χ2v) is 8.36. The van der Waals surface area contributed by atoms with Crippen molar-refractivity contribution in [3.63, 3.8) is 0 Å². The minimum Gasteiger partial charge on any atom is -0.369 e. The van der Waals surface area contributed by atoms with E-state index in [-0.39, 0.29) is 23.7 Å². The number of primary amides is 1. The topological polar surface area (TPSA) is 63.4 Å². The van der Waals surface area contributed by atoms with Crippen molar-refractivity contribution in [1.82, 2.24) is 4.90 Å². The van der Waals surface area contributed by atoms with Crippen molar-refractivity contribution >= 4 is 11.8 Å². The highest BCUT2D eigenvalue weighted by atomic mass is 16.2. The normalized spacial score (nSPS) is 22.9. The summed E-state index contributed by atoms with van der Waals surface area (Å²) in [7, 11) is 0. The average Bonchev–Trinajstić information content (AvgIpc) is 2.74. The number of nitrogens with zero attached hydrogens (tertiary/aromatic N) is 1. The van der Waals surface area contributed by atoms with Gasteiger partial charge in [0.15, 0.2) is 0 Å². The van der Waals surface area contributed by atoms with Crippen molar-refractivity contribution in [3.8, 4) is 0 Å². The first-order valence-electron chi connectivity index (χ1n) is 11.3. The van der Waals surface area contributed by atoms with Crippen LogP contribution in [0, 0.1) is 11.8 Å². The van der Waals surface area contributed by atoms with Gasteiger partial charge >= 0.3 is 0 Å². The molecule has 2 aromatic rings. The van der Waals surface area contributed by atoms with Gasteiger partial charge in [-0.3, -0.25) is 9.59 Å². The number of carbonyl (C=O) groups is 2. The molecule has 0 aromatic heterocycles. The molecular formula is C26H34N2O2. The summed E-state index contributed by atoms with van der Waals surface area (Å²) in [5.74, 6) is -1.27. The Balaban J connectivity index is 1.98. The van der Waals surface area contributed by atoms with E-state index < -0.39 is 11.8 Å². The quantitative estimate of drug-likeness (QED) is 0.621. The highest BCUT2D eigenvalue weighted by molar-refractivity contribution is 5.91. The van der Waals surface area contributed by atoms with Gasteiger partial charge in [0, 0.05) is 24.9 Å². The lowest BCUT2D eigenvalue weighted by molar-refractivity contribution is -0.150. The second kappa shape index (κ2) is 10.4. The van der Waals surface area contributed by atoms with E-state index in [4.69, 9.17) is 5.73 Å². The Morgan fingerprint density at radius 2 is 1.20 bits per heavy atom. The van der Waals surface area contributed by atoms with Crippen molar-refractivity contribution in [2.24, 2.45) is 17.6 Å². The predicted octanol–water partition coefficient (Wildman–Crippen LogP) is 4.71. The van der Waals surface area contributed by atoms with E-state index in [1.807, 2.05) is 53.4 Å². The maximum Gasteiger partial charge on any atom is 0.227 e. The number of hydrogen-bond donors (Lipinski definition) is 1. The summed E-state index contributed by atoms with van der Waals surface area (Å²) >= 11 is 0. The molecule has 0 heterocycles. The van der Waals surface area contributed by atoms with Crippen LogP contribution in [0.2, 0.25) is 0 Å². The third kappa shape index (κ3) is 4.58. The van der Waals surface area contributed by atoms with Crippen LogP contribution in [0.5, 0.6) is 0 Å². The number of carbonyl (C=O) groups excluding carboxylic acids is 2. The van der Waals surface area contributed by atoms with Crippen LogP contribution in [0.3, 0.4) is 0 Å². The standard InChI is InChI=1S/C26H34N2O2/c1-3-5-17-28(18-6-4-2)26(30)24-22(20-15-11-8-12-16-20)21(23(24)25(27)29)19-13-9-7-10-14-19/h7-16,21-24H,3-6,17-18H2,1-2H3,(H2,27,29). The Hall–Kier alpha value is -2.62. The molecule has 4 nitrogen and oxygen atoms in total. The SMILES string of the molecule is CCCCN(CCCC)C(=O)C1C(C(N)=O)C(c2ccccc2)C1c1ccccc1. The van der Waals surface area contributed by atoms with E-state index in [0.717, 1.165) is 49.9 Å². The number of hydrogen-bond acceptors (Lipinski definition) is 2. The summed E-state index contributed by atoms with van der Waals surface area (Å²) in [6, 6.07) is 20.2. The zero-order valence-electron chi connectivity index (χ0n) is 18.2. The minimum absolute atomic E-state index is 0.0376. The lowest BCUT2D eigenvalue weighted by Gasteiger charge is -2.51. The van der Waals surface area contributed by atoms with Crippen LogP contribution in [0.25, 0.3) is 0 Å². The first-order chi connectivity index (χ1) is 14.6. The molecule has 2 amide bonds. The summed E-state index contributed by atoms with van der Waals surface area (Å²) in [5.41, 5.74) is 8.07. The van der Waals surface area contributed by atoms with Crippen molar-refractivity contribution in [3.05, 3.63) is 71.8 Å². The minimum atomic E-state index is -0.476. The van der Waals surface area contributed by atoms with Crippen LogP contribution < -0.4 is 5.73 Å². The molecule has 1 aliphatic rings. The number of benzene rings is 2. The maximum absolute atomic E-state index is 13.7. The molecule has 0 radical (unpaired) electrons. The Labute approximate surface area is 180 Å². The fourth-order valence-electron chi connectivity index (χ4n) is 4.83. The summed E-state index contributed by atoms with van der Waals surface area (Å²) in [4.78, 5) is 28.3. The summed E-state index contributed by atoms with van der Waals surface area (Å²) < 4.78 is 0. The molecule has 0 saturated heterocycles. The molecule has 4 unspecified atom stereocenters. The molecule has 1 fully saturated rings. The van der Waals surface area contributed by atoms with Crippen molar-refractivity contribution < 1.29 is 9.59 Å². The highest BCUT2D eigenvalue weighted by Gasteiger charge is 2.58. The van der Waals surface area contributed by atoms with Crippen LogP contribution in [-0.4, -0.2) is 29.8 Å². The lowest BCUT2D eigenvalue weighted by Crippen LogP contribution is -2.57. The van der Waals surface area contributed by atoms with Crippen molar-refractivity contribution in [1.29, 1.82) is 0 Å². The Morgan fingerprint density at radius 3 is 1.60 bits per heavy atom. The van der Waals surface area contributed by atoms with Gasteiger partial charge in [0.2, 0.25) is 11.8 Å². The third-order valence-electron chi connectivity index (χ3n) is 6.41. The van der Waals surface area contributed by atoms with Gasteiger partial charge < -0.3 is 10.6 Å². The molecule has 160 valence electrons. The average molecular weight is 407 g/mol. The molecule has 4 atom stereocenters. The fraction of sp³-hybridized carbons (Fsp3) is 0.462. The molecule has 0 spiro atoms. The van der Waals surface area contributed by atoms with E-state index in [2.05, 4.69) is 26.0 Å². The molecule has 1 aliphatic carbocycles. The Bertz CT molecular complexity index is 813. The smallest absolute Gasteiger partial charge is 0.227 e. The Kier molecular flexibility index (Phi) is 7.67. The number of nitrogens with two attached hydrogens (primary N) is 1.